The summed E-state index contributed by atoms with van der Waals surface area (Å²) < 4.78 is 0. The van der Waals surface area contributed by atoms with Gasteiger partial charge in [-0.15, -0.1) is 23.7 Å². The highest BCUT2D eigenvalue weighted by Gasteiger charge is 2.51. The number of halogens is 2. The fraction of sp³-hybridized carbons (Fsp3) is 0.435. The van der Waals surface area contributed by atoms with Crippen molar-refractivity contribution in [2.75, 3.05) is 20.2 Å². The van der Waals surface area contributed by atoms with E-state index in [0.29, 0.717) is 22.1 Å². The van der Waals surface area contributed by atoms with Gasteiger partial charge in [-0.1, -0.05) is 11.6 Å². The zero-order valence-corrected chi connectivity index (χ0v) is 21.0. The Morgan fingerprint density at radius 2 is 2.21 bits per heavy atom. The minimum absolute atomic E-state index is 0. The zero-order valence-electron chi connectivity index (χ0n) is 18.6. The molecule has 3 atom stereocenters. The van der Waals surface area contributed by atoms with Crippen LogP contribution in [0.15, 0.2) is 24.3 Å². The molecule has 1 aromatic carbocycles. The molecule has 0 saturated heterocycles. The highest BCUT2D eigenvalue weighted by atomic mass is 35.5. The summed E-state index contributed by atoms with van der Waals surface area (Å²) in [5.74, 6) is -0.802. The number of hydrogen-bond acceptors (Lipinski definition) is 7. The molecule has 8 nitrogen and oxygen atoms in total. The van der Waals surface area contributed by atoms with Crippen molar-refractivity contribution >= 4 is 57.9 Å². The number of aromatic amines is 1. The Balaban J connectivity index is 0.00000274. The van der Waals surface area contributed by atoms with Gasteiger partial charge in [0.05, 0.1) is 17.4 Å². The monoisotopic (exact) mass is 523 g/mol. The summed E-state index contributed by atoms with van der Waals surface area (Å²) in [5, 5.41) is 14.5. The number of benzene rings is 1. The van der Waals surface area contributed by atoms with E-state index in [1.165, 1.54) is 11.3 Å². The van der Waals surface area contributed by atoms with Crippen LogP contribution in [-0.4, -0.2) is 63.4 Å². The van der Waals surface area contributed by atoms with E-state index in [0.717, 1.165) is 41.0 Å². The number of nitrogens with zero attached hydrogens (tertiary/aromatic N) is 2. The Morgan fingerprint density at radius 1 is 1.41 bits per heavy atom. The number of nitrogens with one attached hydrogen (secondary N) is 2. The minimum atomic E-state index is -1.34. The lowest BCUT2D eigenvalue weighted by atomic mass is 9.87. The van der Waals surface area contributed by atoms with Gasteiger partial charge in [0.2, 0.25) is 5.78 Å². The number of likely N-dealkylation sites (N-methyl/N-ethyl adjacent to an activating group) is 1. The van der Waals surface area contributed by atoms with Crippen molar-refractivity contribution in [2.24, 2.45) is 11.7 Å². The highest BCUT2D eigenvalue weighted by Crippen LogP contribution is 2.36. The number of nitrogens with two attached hydrogens (primary N) is 1. The smallest absolute Gasteiger partial charge is 0.280 e. The molecule has 3 unspecified atom stereocenters. The van der Waals surface area contributed by atoms with Crippen LogP contribution in [0.4, 0.5) is 0 Å². The summed E-state index contributed by atoms with van der Waals surface area (Å²) in [7, 11) is 2.04. The van der Waals surface area contributed by atoms with Crippen molar-refractivity contribution in [2.45, 2.75) is 37.4 Å². The van der Waals surface area contributed by atoms with Crippen LogP contribution in [0.2, 0.25) is 5.02 Å². The predicted molar refractivity (Wildman–Crippen MR) is 135 cm³/mol. The number of aliphatic hydroxyl groups is 1. The van der Waals surface area contributed by atoms with Gasteiger partial charge in [-0.3, -0.25) is 9.59 Å². The van der Waals surface area contributed by atoms with Gasteiger partial charge in [-0.2, -0.15) is 0 Å². The van der Waals surface area contributed by atoms with Gasteiger partial charge in [-0.25, -0.2) is 4.98 Å². The summed E-state index contributed by atoms with van der Waals surface area (Å²) in [4.78, 5) is 37.6. The summed E-state index contributed by atoms with van der Waals surface area (Å²) in [6.45, 7) is 1.59. The maximum absolute atomic E-state index is 13.6. The van der Waals surface area contributed by atoms with E-state index in [9.17, 15) is 14.7 Å². The molecule has 11 heteroatoms. The molecule has 1 aliphatic heterocycles. The molecule has 0 spiro atoms. The normalized spacial score (nSPS) is 24.6. The first-order valence-electron chi connectivity index (χ1n) is 11.0. The fourth-order valence-corrected chi connectivity index (χ4v) is 6.21. The number of carbonyl (C=O) groups is 2. The van der Waals surface area contributed by atoms with Crippen molar-refractivity contribution in [3.8, 4) is 0 Å². The van der Waals surface area contributed by atoms with Crippen molar-refractivity contribution in [3.63, 3.8) is 0 Å². The first-order chi connectivity index (χ1) is 15.8. The Hall–Kier alpha value is -2.01. The fourth-order valence-electron chi connectivity index (χ4n) is 4.94. The number of ketones is 1. The molecule has 0 radical (unpaired) electrons. The first-order valence-corrected chi connectivity index (χ1v) is 12.2. The largest absolute Gasteiger partial charge is 0.396 e. The van der Waals surface area contributed by atoms with Crippen molar-refractivity contribution in [1.82, 2.24) is 20.2 Å². The highest BCUT2D eigenvalue weighted by molar-refractivity contribution is 7.13. The first kappa shape index (κ1) is 25.1. The number of thiazole rings is 1. The lowest BCUT2D eigenvalue weighted by Gasteiger charge is -2.30. The van der Waals surface area contributed by atoms with Crippen LogP contribution in [0.3, 0.4) is 0 Å². The maximum Gasteiger partial charge on any atom is 0.280 e. The molecule has 5 N–H and O–H groups in total. The molecule has 34 heavy (non-hydrogen) atoms. The number of hydrogen-bond donors (Lipinski definition) is 4. The van der Waals surface area contributed by atoms with Gasteiger partial charge in [0.1, 0.15) is 5.54 Å². The average Bonchev–Trinajstić information content (AvgIpc) is 3.48. The van der Waals surface area contributed by atoms with Crippen molar-refractivity contribution in [3.05, 3.63) is 50.6 Å². The molecule has 3 aromatic rings. The van der Waals surface area contributed by atoms with Crippen molar-refractivity contribution < 1.29 is 14.7 Å². The molecule has 1 aliphatic carbocycles. The zero-order chi connectivity index (χ0) is 23.3. The summed E-state index contributed by atoms with van der Waals surface area (Å²) in [5.41, 5.74) is 7.46. The molecule has 0 bridgehead atoms. The van der Waals surface area contributed by atoms with Gasteiger partial charge in [0.15, 0.2) is 5.01 Å². The second-order valence-corrected chi connectivity index (χ2v) is 10.7. The van der Waals surface area contributed by atoms with Gasteiger partial charge in [-0.05, 0) is 50.1 Å². The maximum atomic E-state index is 13.6. The minimum Gasteiger partial charge on any atom is -0.396 e. The number of Topliss-reactive ketones (excluding diaryl/α,β-unsaturated/α-hetero) is 1. The molecule has 2 aromatic heterocycles. The third-order valence-corrected chi connectivity index (χ3v) is 8.06. The summed E-state index contributed by atoms with van der Waals surface area (Å²) in [6, 6.07) is 6.45. The van der Waals surface area contributed by atoms with Gasteiger partial charge >= 0.3 is 0 Å². The van der Waals surface area contributed by atoms with Crippen LogP contribution >= 0.6 is 35.3 Å². The molecular weight excluding hydrogens is 497 g/mol. The van der Waals surface area contributed by atoms with E-state index in [1.807, 2.05) is 13.1 Å². The summed E-state index contributed by atoms with van der Waals surface area (Å²) >= 11 is 7.47. The number of aliphatic hydroxyl groups excluding tert-OH is 1. The van der Waals surface area contributed by atoms with E-state index in [-0.39, 0.29) is 43.0 Å². The predicted octanol–water partition coefficient (Wildman–Crippen LogP) is 2.77. The molecule has 5 rings (SSSR count). The second kappa shape index (κ2) is 9.56. The third kappa shape index (κ3) is 4.48. The molecule has 182 valence electrons. The standard InChI is InChI=1S/C23H26ClN5O3S.ClH/c1-29-5-4-16-18(10-29)33-22(27-16)21(32)28-19-6-12(11-30)9-23(19,25)20(31)17-8-13-7-14(24)2-3-15(13)26-17;/h2-3,7-8,12,19,26,30H,4-6,9-11,25H2,1H3,(H,28,32);1H. The van der Waals surface area contributed by atoms with E-state index >= 15 is 0 Å². The van der Waals surface area contributed by atoms with E-state index in [1.54, 1.807) is 18.2 Å². The Labute approximate surface area is 212 Å². The molecular formula is C23H27Cl2N5O3S. The Kier molecular flexibility index (Phi) is 7.06. The van der Waals surface area contributed by atoms with Crippen LogP contribution in [-0.2, 0) is 13.0 Å². The van der Waals surface area contributed by atoms with Crippen LogP contribution in [0.5, 0.6) is 0 Å². The van der Waals surface area contributed by atoms with E-state index in [4.69, 9.17) is 17.3 Å². The lowest BCUT2D eigenvalue weighted by molar-refractivity contribution is 0.0829. The van der Waals surface area contributed by atoms with Crippen molar-refractivity contribution in [1.29, 1.82) is 0 Å². The molecule has 3 heterocycles. The average molecular weight is 524 g/mol. The molecule has 1 fully saturated rings. The third-order valence-electron chi connectivity index (χ3n) is 6.75. The van der Waals surface area contributed by atoms with E-state index in [2.05, 4.69) is 20.2 Å². The number of H-pyrrole nitrogens is 1. The SMILES string of the molecule is CN1CCc2nc(C(=O)NC3CC(CO)CC3(N)C(=O)c3cc4cc(Cl)ccc4[nH]3)sc2C1.Cl. The number of amides is 1. The second-order valence-electron chi connectivity index (χ2n) is 9.18. The number of carbonyl (C=O) groups excluding carboxylic acids is 2. The van der Waals surface area contributed by atoms with Crippen LogP contribution in [0.1, 0.15) is 43.7 Å². The summed E-state index contributed by atoms with van der Waals surface area (Å²) in [6.07, 6.45) is 1.52. The van der Waals surface area contributed by atoms with Gasteiger partial charge < -0.3 is 26.0 Å². The molecule has 1 amide bonds. The Bertz CT molecular complexity index is 1240. The van der Waals surface area contributed by atoms with Gasteiger partial charge in [0, 0.05) is 46.9 Å². The lowest BCUT2D eigenvalue weighted by Crippen LogP contribution is -2.60. The van der Waals surface area contributed by atoms with Crippen LogP contribution in [0, 0.1) is 5.92 Å². The number of rotatable bonds is 5. The Morgan fingerprint density at radius 3 is 2.97 bits per heavy atom. The topological polar surface area (TPSA) is 124 Å². The van der Waals surface area contributed by atoms with Crippen LogP contribution < -0.4 is 11.1 Å². The van der Waals surface area contributed by atoms with Gasteiger partial charge in [0.25, 0.3) is 5.91 Å². The van der Waals surface area contributed by atoms with Crippen LogP contribution in [0.25, 0.3) is 10.9 Å². The number of fused-ring (bicyclic) bond motifs is 2. The molecule has 1 saturated carbocycles. The van der Waals surface area contributed by atoms with E-state index < -0.39 is 11.6 Å². The number of aromatic nitrogens is 2. The quantitative estimate of drug-likeness (QED) is 0.381. The molecule has 2 aliphatic rings.